The van der Waals surface area contributed by atoms with Gasteiger partial charge in [-0.15, -0.1) is 0 Å². The van der Waals surface area contributed by atoms with Crippen LogP contribution in [0.1, 0.15) is 42.1 Å². The highest BCUT2D eigenvalue weighted by molar-refractivity contribution is 5.51. The molecular formula is C27H27N. The van der Waals surface area contributed by atoms with Crippen molar-refractivity contribution >= 4 is 0 Å². The second-order valence-electron chi connectivity index (χ2n) is 7.28. The molecule has 0 aliphatic carbocycles. The second-order valence-corrected chi connectivity index (χ2v) is 7.28. The van der Waals surface area contributed by atoms with Crippen molar-refractivity contribution < 1.29 is 0 Å². The summed E-state index contributed by atoms with van der Waals surface area (Å²) in [5, 5.41) is 0. The van der Waals surface area contributed by atoms with Crippen molar-refractivity contribution in [2.24, 2.45) is 0 Å². The number of rotatable bonds is 7. The maximum absolute atomic E-state index is 2.49. The monoisotopic (exact) mass is 365 g/mol. The summed E-state index contributed by atoms with van der Waals surface area (Å²) in [6.07, 6.45) is 5.72. The van der Waals surface area contributed by atoms with Crippen molar-refractivity contribution in [1.82, 2.24) is 4.57 Å². The topological polar surface area (TPSA) is 4.93 Å². The van der Waals surface area contributed by atoms with Crippen molar-refractivity contribution in [3.8, 4) is 0 Å². The molecule has 0 radical (unpaired) electrons. The van der Waals surface area contributed by atoms with E-state index >= 15 is 0 Å². The molecule has 1 heteroatoms. The fourth-order valence-corrected chi connectivity index (χ4v) is 4.26. The normalized spacial score (nSPS) is 11.5. The Morgan fingerprint density at radius 2 is 1.07 bits per heavy atom. The van der Waals surface area contributed by atoms with Crippen LogP contribution in [0.5, 0.6) is 0 Å². The van der Waals surface area contributed by atoms with Gasteiger partial charge in [-0.2, -0.15) is 0 Å². The van der Waals surface area contributed by atoms with Gasteiger partial charge in [0.1, 0.15) is 5.54 Å². The molecule has 28 heavy (non-hydrogen) atoms. The molecule has 0 atom stereocenters. The molecule has 0 N–H and O–H groups in total. The zero-order valence-corrected chi connectivity index (χ0v) is 16.5. The van der Waals surface area contributed by atoms with Crippen LogP contribution in [0.3, 0.4) is 0 Å². The van der Waals surface area contributed by atoms with Crippen LogP contribution in [-0.2, 0) is 12.0 Å². The highest BCUT2D eigenvalue weighted by atomic mass is 15.1. The van der Waals surface area contributed by atoms with E-state index in [1.165, 1.54) is 35.2 Å². The minimum Gasteiger partial charge on any atom is -0.333 e. The van der Waals surface area contributed by atoms with E-state index in [2.05, 4.69) is 121 Å². The van der Waals surface area contributed by atoms with Gasteiger partial charge in [0.15, 0.2) is 0 Å². The molecule has 1 heterocycles. The Balaban J connectivity index is 2.07. The Bertz CT molecular complexity index is 887. The largest absolute Gasteiger partial charge is 0.333 e. The number of hydrogen-bond acceptors (Lipinski definition) is 0. The summed E-state index contributed by atoms with van der Waals surface area (Å²) < 4.78 is 2.49. The third-order valence-electron chi connectivity index (χ3n) is 5.56. The predicted octanol–water partition coefficient (Wildman–Crippen LogP) is 6.67. The Morgan fingerprint density at radius 3 is 1.50 bits per heavy atom. The van der Waals surface area contributed by atoms with E-state index in [-0.39, 0.29) is 0 Å². The van der Waals surface area contributed by atoms with Gasteiger partial charge in [0.05, 0.1) is 0 Å². The molecule has 0 aliphatic heterocycles. The lowest BCUT2D eigenvalue weighted by molar-refractivity contribution is 0.494. The van der Waals surface area contributed by atoms with Crippen molar-refractivity contribution in [1.29, 1.82) is 0 Å². The van der Waals surface area contributed by atoms with Crippen LogP contribution < -0.4 is 0 Å². The standard InChI is InChI=1S/C27H27N/c1-2-3-20-26-21-13-22-28(26)27(23-14-7-4-8-15-23,24-16-9-5-10-17-24)25-18-11-6-12-19-25/h4-19,21-22H,2-3,20H2,1H3. The average molecular weight is 366 g/mol. The summed E-state index contributed by atoms with van der Waals surface area (Å²) >= 11 is 0. The van der Waals surface area contributed by atoms with Crippen LogP contribution in [0.15, 0.2) is 109 Å². The Hall–Kier alpha value is -3.06. The van der Waals surface area contributed by atoms with Gasteiger partial charge in [0.2, 0.25) is 0 Å². The molecule has 1 nitrogen and oxygen atoms in total. The second kappa shape index (κ2) is 8.31. The van der Waals surface area contributed by atoms with Gasteiger partial charge in [-0.3, -0.25) is 0 Å². The van der Waals surface area contributed by atoms with Gasteiger partial charge in [-0.1, -0.05) is 104 Å². The van der Waals surface area contributed by atoms with E-state index in [1.54, 1.807) is 0 Å². The highest BCUT2D eigenvalue weighted by Crippen LogP contribution is 2.41. The Morgan fingerprint density at radius 1 is 0.607 bits per heavy atom. The highest BCUT2D eigenvalue weighted by Gasteiger charge is 2.38. The summed E-state index contributed by atoms with van der Waals surface area (Å²) in [5.41, 5.74) is 4.82. The summed E-state index contributed by atoms with van der Waals surface area (Å²) in [4.78, 5) is 0. The minimum atomic E-state index is -0.393. The van der Waals surface area contributed by atoms with E-state index in [0.29, 0.717) is 0 Å². The van der Waals surface area contributed by atoms with Gasteiger partial charge in [0.25, 0.3) is 0 Å². The fraction of sp³-hybridized carbons (Fsp3) is 0.185. The Labute approximate surface area is 168 Å². The number of aryl methyl sites for hydroxylation is 1. The molecule has 4 aromatic rings. The smallest absolute Gasteiger partial charge is 0.120 e. The molecule has 4 rings (SSSR count). The molecule has 0 saturated carbocycles. The van der Waals surface area contributed by atoms with Crippen LogP contribution in [0.4, 0.5) is 0 Å². The first-order valence-electron chi connectivity index (χ1n) is 10.2. The van der Waals surface area contributed by atoms with Crippen LogP contribution >= 0.6 is 0 Å². The quantitative estimate of drug-likeness (QED) is 0.322. The maximum atomic E-state index is 2.49. The van der Waals surface area contributed by atoms with Crippen LogP contribution in [0.25, 0.3) is 0 Å². The third-order valence-corrected chi connectivity index (χ3v) is 5.56. The van der Waals surface area contributed by atoms with E-state index in [1.807, 2.05) is 0 Å². The van der Waals surface area contributed by atoms with Crippen molar-refractivity contribution in [3.63, 3.8) is 0 Å². The van der Waals surface area contributed by atoms with Crippen molar-refractivity contribution in [2.45, 2.75) is 31.7 Å². The van der Waals surface area contributed by atoms with Crippen molar-refractivity contribution in [3.05, 3.63) is 132 Å². The summed E-state index contributed by atoms with van der Waals surface area (Å²) in [6, 6.07) is 37.1. The number of hydrogen-bond donors (Lipinski definition) is 0. The first-order chi connectivity index (χ1) is 13.9. The SMILES string of the molecule is CCCCc1cccn1C(c1ccccc1)(c1ccccc1)c1ccccc1. The number of nitrogens with zero attached hydrogens (tertiary/aromatic N) is 1. The number of benzene rings is 3. The third kappa shape index (κ3) is 3.18. The molecule has 3 aromatic carbocycles. The lowest BCUT2D eigenvalue weighted by Gasteiger charge is -2.39. The first kappa shape index (κ1) is 18.3. The lowest BCUT2D eigenvalue weighted by Crippen LogP contribution is -2.38. The average Bonchev–Trinajstić information content (AvgIpc) is 3.24. The summed E-state index contributed by atoms with van der Waals surface area (Å²) in [6.45, 7) is 2.26. The molecule has 0 aliphatic rings. The van der Waals surface area contributed by atoms with Gasteiger partial charge >= 0.3 is 0 Å². The van der Waals surface area contributed by atoms with E-state index < -0.39 is 5.54 Å². The molecule has 0 amide bonds. The Kier molecular flexibility index (Phi) is 5.43. The number of aromatic nitrogens is 1. The molecule has 0 bridgehead atoms. The van der Waals surface area contributed by atoms with Gasteiger partial charge in [-0.05, 0) is 41.7 Å². The lowest BCUT2D eigenvalue weighted by atomic mass is 9.76. The predicted molar refractivity (Wildman–Crippen MR) is 118 cm³/mol. The van der Waals surface area contributed by atoms with Crippen molar-refractivity contribution in [2.75, 3.05) is 0 Å². The zero-order valence-electron chi connectivity index (χ0n) is 16.5. The fourth-order valence-electron chi connectivity index (χ4n) is 4.26. The molecular weight excluding hydrogens is 338 g/mol. The summed E-state index contributed by atoms with van der Waals surface area (Å²) in [7, 11) is 0. The van der Waals surface area contributed by atoms with Crippen LogP contribution in [0, 0.1) is 0 Å². The first-order valence-corrected chi connectivity index (χ1v) is 10.2. The van der Waals surface area contributed by atoms with Crippen LogP contribution in [-0.4, -0.2) is 4.57 Å². The van der Waals surface area contributed by atoms with E-state index in [0.717, 1.165) is 6.42 Å². The zero-order chi connectivity index (χ0) is 19.2. The minimum absolute atomic E-state index is 0.393. The molecule has 1 aromatic heterocycles. The van der Waals surface area contributed by atoms with Crippen LogP contribution in [0.2, 0.25) is 0 Å². The molecule has 140 valence electrons. The van der Waals surface area contributed by atoms with Gasteiger partial charge in [-0.25, -0.2) is 0 Å². The summed E-state index contributed by atoms with van der Waals surface area (Å²) in [5.74, 6) is 0. The molecule has 0 unspecified atom stereocenters. The van der Waals surface area contributed by atoms with E-state index in [9.17, 15) is 0 Å². The maximum Gasteiger partial charge on any atom is 0.120 e. The molecule has 0 fully saturated rings. The van der Waals surface area contributed by atoms with Gasteiger partial charge < -0.3 is 4.57 Å². The number of unbranched alkanes of at least 4 members (excludes halogenated alkanes) is 1. The molecule has 0 spiro atoms. The molecule has 0 saturated heterocycles. The van der Waals surface area contributed by atoms with E-state index in [4.69, 9.17) is 0 Å². The van der Waals surface area contributed by atoms with Gasteiger partial charge in [0, 0.05) is 11.9 Å².